The van der Waals surface area contributed by atoms with Crippen LogP contribution in [-0.2, 0) is 11.3 Å². The van der Waals surface area contributed by atoms with E-state index in [1.807, 2.05) is 18.2 Å². The summed E-state index contributed by atoms with van der Waals surface area (Å²) in [4.78, 5) is 10.8. The molecule has 0 aromatic heterocycles. The Kier molecular flexibility index (Phi) is 5.88. The number of hydrogen-bond donors (Lipinski definition) is 1. The van der Waals surface area contributed by atoms with Crippen LogP contribution in [0.15, 0.2) is 48.2 Å². The van der Waals surface area contributed by atoms with E-state index >= 15 is 0 Å². The third-order valence-corrected chi connectivity index (χ3v) is 7.32. The van der Waals surface area contributed by atoms with Gasteiger partial charge in [0.1, 0.15) is 12.4 Å². The van der Waals surface area contributed by atoms with Crippen LogP contribution in [0, 0.1) is 0 Å². The number of ether oxygens (including phenoxy) is 1. The van der Waals surface area contributed by atoms with Crippen molar-refractivity contribution in [2.24, 2.45) is 0 Å². The first-order chi connectivity index (χ1) is 9.91. The van der Waals surface area contributed by atoms with Gasteiger partial charge in [-0.05, 0) is 75.9 Å². The topological polar surface area (TPSA) is 46.5 Å². The summed E-state index contributed by atoms with van der Waals surface area (Å²) in [6, 6.07) is 9.04. The highest BCUT2D eigenvalue weighted by Gasteiger charge is 2.18. The quantitative estimate of drug-likeness (QED) is 0.260. The number of phenolic OH excluding ortho intramolecular Hbond substituents is 1. The van der Waals surface area contributed by atoms with Crippen molar-refractivity contribution in [1.29, 1.82) is 0 Å². The Morgan fingerprint density at radius 2 is 1.67 bits per heavy atom. The average molecular weight is 544 g/mol. The van der Waals surface area contributed by atoms with Crippen LogP contribution < -0.4 is 0 Å². The molecule has 0 saturated heterocycles. The molecule has 1 N–H and O–H groups in total. The molecule has 0 radical (unpaired) electrons. The third-order valence-electron chi connectivity index (χ3n) is 2.68. The minimum absolute atomic E-state index is 0.199. The van der Waals surface area contributed by atoms with E-state index in [1.165, 1.54) is 0 Å². The van der Waals surface area contributed by atoms with E-state index in [0.717, 1.165) is 19.0 Å². The van der Waals surface area contributed by atoms with Gasteiger partial charge in [0.2, 0.25) is 0 Å². The zero-order valence-corrected chi connectivity index (χ0v) is 16.7. The minimum atomic E-state index is -0.199. The SMILES string of the molecule is O=C1OCc2ccccc21.Oc1cc(Br)c(Br)c(Br)c1Br. The van der Waals surface area contributed by atoms with Gasteiger partial charge in [0.25, 0.3) is 0 Å². The second kappa shape index (κ2) is 7.26. The fourth-order valence-corrected chi connectivity index (χ4v) is 3.62. The lowest BCUT2D eigenvalue weighted by atomic mass is 10.1. The van der Waals surface area contributed by atoms with Crippen LogP contribution in [-0.4, -0.2) is 11.1 Å². The number of hydrogen-bond acceptors (Lipinski definition) is 3. The number of aromatic hydroxyl groups is 1. The largest absolute Gasteiger partial charge is 0.507 e. The molecule has 0 atom stereocenters. The molecule has 1 aliphatic rings. The van der Waals surface area contributed by atoms with E-state index in [0.29, 0.717) is 16.6 Å². The fourth-order valence-electron chi connectivity index (χ4n) is 1.63. The molecule has 7 heteroatoms. The predicted molar refractivity (Wildman–Crippen MR) is 94.5 cm³/mol. The summed E-state index contributed by atoms with van der Waals surface area (Å²) in [6.07, 6.45) is 0. The van der Waals surface area contributed by atoms with Gasteiger partial charge in [-0.3, -0.25) is 0 Å². The summed E-state index contributed by atoms with van der Waals surface area (Å²) in [6.45, 7) is 0.439. The first-order valence-corrected chi connectivity index (χ1v) is 8.86. The monoisotopic (exact) mass is 540 g/mol. The number of benzene rings is 2. The Morgan fingerprint density at radius 3 is 2.33 bits per heavy atom. The van der Waals surface area contributed by atoms with E-state index in [-0.39, 0.29) is 11.7 Å². The number of phenols is 1. The summed E-state index contributed by atoms with van der Waals surface area (Å²) in [5.74, 6) is 0.00236. The van der Waals surface area contributed by atoms with Gasteiger partial charge in [-0.15, -0.1) is 0 Å². The molecule has 3 rings (SSSR count). The number of cyclic esters (lactones) is 1. The highest BCUT2D eigenvalue weighted by Crippen LogP contribution is 2.41. The lowest BCUT2D eigenvalue weighted by Crippen LogP contribution is -1.91. The number of halogens is 4. The van der Waals surface area contributed by atoms with Gasteiger partial charge >= 0.3 is 5.97 Å². The van der Waals surface area contributed by atoms with Crippen molar-refractivity contribution in [2.75, 3.05) is 0 Å². The van der Waals surface area contributed by atoms with Gasteiger partial charge in [-0.2, -0.15) is 0 Å². The number of rotatable bonds is 0. The summed E-state index contributed by atoms with van der Waals surface area (Å²) < 4.78 is 7.91. The van der Waals surface area contributed by atoms with Crippen LogP contribution in [0.2, 0.25) is 0 Å². The molecule has 2 aromatic carbocycles. The van der Waals surface area contributed by atoms with Gasteiger partial charge in [-0.1, -0.05) is 18.2 Å². The molecule has 1 aliphatic heterocycles. The predicted octanol–water partition coefficient (Wildman–Crippen LogP) is 5.80. The molecule has 3 nitrogen and oxygen atoms in total. The van der Waals surface area contributed by atoms with E-state index in [1.54, 1.807) is 12.1 Å². The van der Waals surface area contributed by atoms with Gasteiger partial charge in [0.05, 0.1) is 14.5 Å². The molecule has 0 aliphatic carbocycles. The average Bonchev–Trinajstić information content (AvgIpc) is 2.86. The molecule has 0 saturated carbocycles. The maximum atomic E-state index is 10.8. The van der Waals surface area contributed by atoms with Gasteiger partial charge in [0.15, 0.2) is 0 Å². The first-order valence-electron chi connectivity index (χ1n) is 5.68. The van der Waals surface area contributed by atoms with E-state index in [4.69, 9.17) is 4.74 Å². The summed E-state index contributed by atoms with van der Waals surface area (Å²) in [5, 5.41) is 9.28. The molecule has 0 bridgehead atoms. The molecule has 0 unspecified atom stereocenters. The van der Waals surface area contributed by atoms with Crippen LogP contribution in [0.4, 0.5) is 0 Å². The normalized spacial score (nSPS) is 12.3. The van der Waals surface area contributed by atoms with Gasteiger partial charge in [0, 0.05) is 14.5 Å². The summed E-state index contributed by atoms with van der Waals surface area (Å²) >= 11 is 13.1. The first kappa shape index (κ1) is 17.0. The Balaban J connectivity index is 0.000000154. The molecule has 0 fully saturated rings. The van der Waals surface area contributed by atoms with E-state index in [9.17, 15) is 9.90 Å². The van der Waals surface area contributed by atoms with Crippen molar-refractivity contribution in [3.63, 3.8) is 0 Å². The van der Waals surface area contributed by atoms with Crippen LogP contribution in [0.3, 0.4) is 0 Å². The Morgan fingerprint density at radius 1 is 1.00 bits per heavy atom. The summed E-state index contributed by atoms with van der Waals surface area (Å²) in [5.41, 5.74) is 1.70. The number of fused-ring (bicyclic) bond motifs is 1. The summed E-state index contributed by atoms with van der Waals surface area (Å²) in [7, 11) is 0. The lowest BCUT2D eigenvalue weighted by molar-refractivity contribution is 0.0535. The minimum Gasteiger partial charge on any atom is -0.507 e. The smallest absolute Gasteiger partial charge is 0.338 e. The Labute approximate surface area is 155 Å². The van der Waals surface area contributed by atoms with E-state index in [2.05, 4.69) is 63.7 Å². The van der Waals surface area contributed by atoms with Crippen LogP contribution in [0.25, 0.3) is 0 Å². The highest BCUT2D eigenvalue weighted by molar-refractivity contribution is 9.15. The zero-order valence-electron chi connectivity index (χ0n) is 10.4. The Hall–Kier alpha value is -0.370. The maximum Gasteiger partial charge on any atom is 0.338 e. The molecular weight excluding hydrogens is 536 g/mol. The molecule has 0 spiro atoms. The molecule has 1 heterocycles. The van der Waals surface area contributed by atoms with E-state index < -0.39 is 0 Å². The molecule has 0 amide bonds. The van der Waals surface area contributed by atoms with Crippen molar-refractivity contribution in [3.8, 4) is 5.75 Å². The van der Waals surface area contributed by atoms with Crippen LogP contribution in [0.5, 0.6) is 5.75 Å². The molecular formula is C14H8Br4O3. The standard InChI is InChI=1S/C8H6O2.C6H2Br4O/c9-8-7-4-2-1-3-6(7)5-10-8;7-2-1-3(11)5(9)6(10)4(2)8/h1-4H,5H2;1,11H. The maximum absolute atomic E-state index is 10.8. The van der Waals surface area contributed by atoms with Gasteiger partial charge < -0.3 is 9.84 Å². The fraction of sp³-hybridized carbons (Fsp3) is 0.0714. The molecule has 110 valence electrons. The van der Waals surface area contributed by atoms with Crippen molar-refractivity contribution >= 4 is 69.7 Å². The van der Waals surface area contributed by atoms with Crippen molar-refractivity contribution in [1.82, 2.24) is 0 Å². The second-order valence-corrected chi connectivity index (χ2v) is 7.29. The van der Waals surface area contributed by atoms with Crippen molar-refractivity contribution < 1.29 is 14.6 Å². The molecule has 2 aromatic rings. The second-order valence-electron chi connectivity index (χ2n) is 4.05. The van der Waals surface area contributed by atoms with Crippen molar-refractivity contribution in [2.45, 2.75) is 6.61 Å². The number of carbonyl (C=O) groups is 1. The van der Waals surface area contributed by atoms with Crippen LogP contribution >= 0.6 is 63.7 Å². The number of carbonyl (C=O) groups excluding carboxylic acids is 1. The zero-order chi connectivity index (χ0) is 15.6. The van der Waals surface area contributed by atoms with Gasteiger partial charge in [-0.25, -0.2) is 4.79 Å². The number of esters is 1. The van der Waals surface area contributed by atoms with Crippen LogP contribution in [0.1, 0.15) is 15.9 Å². The molecule has 21 heavy (non-hydrogen) atoms. The third kappa shape index (κ3) is 3.88. The highest BCUT2D eigenvalue weighted by atomic mass is 79.9. The lowest BCUT2D eigenvalue weighted by Gasteiger charge is -2.03. The Bertz CT molecular complexity index is 675. The van der Waals surface area contributed by atoms with Crippen molar-refractivity contribution in [3.05, 3.63) is 59.3 Å².